The number of aromatic nitrogens is 2. The first-order chi connectivity index (χ1) is 8.04. The van der Waals surface area contributed by atoms with Crippen LogP contribution in [0.2, 0.25) is 0 Å². The predicted molar refractivity (Wildman–Crippen MR) is 67.4 cm³/mol. The normalized spacial score (nSPS) is 11.6. The Balaban J connectivity index is 2.12. The van der Waals surface area contributed by atoms with Crippen molar-refractivity contribution >= 4 is 9.84 Å². The van der Waals surface area contributed by atoms with Gasteiger partial charge in [0, 0.05) is 18.0 Å². The lowest BCUT2D eigenvalue weighted by Crippen LogP contribution is -2.11. The van der Waals surface area contributed by atoms with Crippen LogP contribution in [0.15, 0.2) is 42.7 Å². The zero-order valence-electron chi connectivity index (χ0n) is 9.57. The van der Waals surface area contributed by atoms with Crippen molar-refractivity contribution < 1.29 is 8.42 Å². The zero-order valence-corrected chi connectivity index (χ0v) is 10.4. The number of rotatable bonds is 4. The summed E-state index contributed by atoms with van der Waals surface area (Å²) in [6.45, 7) is 0.395. The highest BCUT2D eigenvalue weighted by Crippen LogP contribution is 2.17. The fourth-order valence-electron chi connectivity index (χ4n) is 1.52. The maximum atomic E-state index is 11.0. The third-order valence-corrected chi connectivity index (χ3v) is 3.36. The van der Waals surface area contributed by atoms with E-state index in [-0.39, 0.29) is 5.75 Å². The fraction of sp³-hybridized carbons (Fsp3) is 0.250. The Kier molecular flexibility index (Phi) is 3.28. The van der Waals surface area contributed by atoms with E-state index in [1.165, 1.54) is 6.26 Å². The highest BCUT2D eigenvalue weighted by molar-refractivity contribution is 7.90. The van der Waals surface area contributed by atoms with Crippen molar-refractivity contribution in [3.8, 4) is 11.1 Å². The fourth-order valence-corrected chi connectivity index (χ4v) is 2.04. The third kappa shape index (κ3) is 3.42. The molecule has 2 rings (SSSR count). The minimum Gasteiger partial charge on any atom is -0.271 e. The summed E-state index contributed by atoms with van der Waals surface area (Å²) in [6, 6.07) is 9.87. The van der Waals surface area contributed by atoms with E-state index in [2.05, 4.69) is 5.10 Å². The molecule has 1 aromatic heterocycles. The molecule has 0 atom stereocenters. The van der Waals surface area contributed by atoms with E-state index in [1.807, 2.05) is 36.5 Å². The molecule has 0 N–H and O–H groups in total. The van der Waals surface area contributed by atoms with Crippen LogP contribution in [0, 0.1) is 0 Å². The number of nitrogens with zero attached hydrogens (tertiary/aromatic N) is 2. The first-order valence-electron chi connectivity index (χ1n) is 5.30. The van der Waals surface area contributed by atoms with Gasteiger partial charge in [0.15, 0.2) is 0 Å². The molecule has 17 heavy (non-hydrogen) atoms. The molecule has 0 bridgehead atoms. The molecule has 0 aliphatic rings. The van der Waals surface area contributed by atoms with Gasteiger partial charge in [-0.15, -0.1) is 0 Å². The third-order valence-electron chi connectivity index (χ3n) is 2.43. The summed E-state index contributed by atoms with van der Waals surface area (Å²) in [5, 5.41) is 4.15. The van der Waals surface area contributed by atoms with E-state index in [9.17, 15) is 8.42 Å². The molecule has 5 heteroatoms. The standard InChI is InChI=1S/C12H14N2O2S/c1-17(15,16)8-7-14-10-12(9-13-14)11-5-3-2-4-6-11/h2-6,9-10H,7-8H2,1H3. The van der Waals surface area contributed by atoms with Gasteiger partial charge in [0.2, 0.25) is 0 Å². The summed E-state index contributed by atoms with van der Waals surface area (Å²) in [5.74, 6) is 0.114. The summed E-state index contributed by atoms with van der Waals surface area (Å²) in [6.07, 6.45) is 4.84. The molecule has 0 amide bonds. The van der Waals surface area contributed by atoms with Crippen LogP contribution in [0.4, 0.5) is 0 Å². The molecule has 4 nitrogen and oxygen atoms in total. The Morgan fingerprint density at radius 2 is 1.88 bits per heavy atom. The lowest BCUT2D eigenvalue weighted by atomic mass is 10.1. The summed E-state index contributed by atoms with van der Waals surface area (Å²) in [5.41, 5.74) is 2.08. The quantitative estimate of drug-likeness (QED) is 0.828. The molecular formula is C12H14N2O2S. The van der Waals surface area contributed by atoms with Crippen molar-refractivity contribution in [2.75, 3.05) is 12.0 Å². The molecule has 0 aliphatic carbocycles. The maximum absolute atomic E-state index is 11.0. The van der Waals surface area contributed by atoms with Crippen molar-refractivity contribution in [1.29, 1.82) is 0 Å². The van der Waals surface area contributed by atoms with Gasteiger partial charge >= 0.3 is 0 Å². The van der Waals surface area contributed by atoms with E-state index in [0.717, 1.165) is 11.1 Å². The molecule has 1 aromatic carbocycles. The van der Waals surface area contributed by atoms with Crippen molar-refractivity contribution in [1.82, 2.24) is 9.78 Å². The smallest absolute Gasteiger partial charge is 0.149 e. The van der Waals surface area contributed by atoms with Crippen LogP contribution in [0.1, 0.15) is 0 Å². The van der Waals surface area contributed by atoms with Gasteiger partial charge in [-0.05, 0) is 5.56 Å². The first kappa shape index (κ1) is 11.9. The van der Waals surface area contributed by atoms with Crippen molar-refractivity contribution in [3.63, 3.8) is 0 Å². The van der Waals surface area contributed by atoms with Crippen LogP contribution in [0.25, 0.3) is 11.1 Å². The van der Waals surface area contributed by atoms with Gasteiger partial charge in [-0.3, -0.25) is 4.68 Å². The van der Waals surface area contributed by atoms with Crippen molar-refractivity contribution in [3.05, 3.63) is 42.7 Å². The second-order valence-corrected chi connectivity index (χ2v) is 6.25. The van der Waals surface area contributed by atoms with E-state index >= 15 is 0 Å². The number of hydrogen-bond donors (Lipinski definition) is 0. The lowest BCUT2D eigenvalue weighted by molar-refractivity contribution is 0.586. The molecule has 0 saturated carbocycles. The SMILES string of the molecule is CS(=O)(=O)CCn1cc(-c2ccccc2)cn1. The van der Waals surface area contributed by atoms with E-state index in [4.69, 9.17) is 0 Å². The maximum Gasteiger partial charge on any atom is 0.149 e. The lowest BCUT2D eigenvalue weighted by Gasteiger charge is -1.99. The second-order valence-electron chi connectivity index (χ2n) is 3.99. The molecule has 0 fully saturated rings. The topological polar surface area (TPSA) is 52.0 Å². The van der Waals surface area contributed by atoms with Crippen LogP contribution in [-0.2, 0) is 16.4 Å². The molecule has 90 valence electrons. The minimum atomic E-state index is -2.94. The average molecular weight is 250 g/mol. The Morgan fingerprint density at radius 1 is 1.18 bits per heavy atom. The largest absolute Gasteiger partial charge is 0.271 e. The molecule has 2 aromatic rings. The van der Waals surface area contributed by atoms with Gasteiger partial charge in [-0.1, -0.05) is 30.3 Å². The summed E-state index contributed by atoms with van der Waals surface area (Å²) in [7, 11) is -2.94. The van der Waals surface area contributed by atoms with Gasteiger partial charge in [-0.2, -0.15) is 5.10 Å². The zero-order chi connectivity index (χ0) is 12.3. The minimum absolute atomic E-state index is 0.114. The average Bonchev–Trinajstić information content (AvgIpc) is 2.75. The van der Waals surface area contributed by atoms with Crippen LogP contribution < -0.4 is 0 Å². The van der Waals surface area contributed by atoms with Crippen molar-refractivity contribution in [2.24, 2.45) is 0 Å². The number of hydrogen-bond acceptors (Lipinski definition) is 3. The van der Waals surface area contributed by atoms with Gasteiger partial charge in [0.1, 0.15) is 9.84 Å². The Morgan fingerprint density at radius 3 is 2.53 bits per heavy atom. The monoisotopic (exact) mass is 250 g/mol. The van der Waals surface area contributed by atoms with Crippen LogP contribution in [0.5, 0.6) is 0 Å². The van der Waals surface area contributed by atoms with Gasteiger partial charge in [0.05, 0.1) is 18.5 Å². The number of aryl methyl sites for hydroxylation is 1. The second kappa shape index (κ2) is 4.71. The highest BCUT2D eigenvalue weighted by Gasteiger charge is 2.05. The van der Waals surface area contributed by atoms with Crippen molar-refractivity contribution in [2.45, 2.75) is 6.54 Å². The first-order valence-corrected chi connectivity index (χ1v) is 7.36. The number of sulfone groups is 1. The predicted octanol–water partition coefficient (Wildman–Crippen LogP) is 1.59. The van der Waals surface area contributed by atoms with E-state index in [0.29, 0.717) is 6.54 Å². The molecule has 0 radical (unpaired) electrons. The molecule has 1 heterocycles. The van der Waals surface area contributed by atoms with Gasteiger partial charge in [-0.25, -0.2) is 8.42 Å². The molecular weight excluding hydrogens is 236 g/mol. The van der Waals surface area contributed by atoms with E-state index in [1.54, 1.807) is 10.9 Å². The summed E-state index contributed by atoms with van der Waals surface area (Å²) >= 11 is 0. The van der Waals surface area contributed by atoms with Crippen LogP contribution in [0.3, 0.4) is 0 Å². The Bertz CT molecular complexity index is 588. The van der Waals surface area contributed by atoms with Gasteiger partial charge < -0.3 is 0 Å². The molecule has 0 saturated heterocycles. The molecule has 0 aliphatic heterocycles. The van der Waals surface area contributed by atoms with Crippen LogP contribution in [-0.4, -0.2) is 30.2 Å². The Labute approximate surface area is 101 Å². The summed E-state index contributed by atoms with van der Waals surface area (Å²) < 4.78 is 23.7. The molecule has 0 spiro atoms. The Hall–Kier alpha value is -1.62. The van der Waals surface area contributed by atoms with Gasteiger partial charge in [0.25, 0.3) is 0 Å². The summed E-state index contributed by atoms with van der Waals surface area (Å²) in [4.78, 5) is 0. The number of benzene rings is 1. The van der Waals surface area contributed by atoms with E-state index < -0.39 is 9.84 Å². The molecule has 0 unspecified atom stereocenters. The highest BCUT2D eigenvalue weighted by atomic mass is 32.2. The van der Waals surface area contributed by atoms with Crippen LogP contribution >= 0.6 is 0 Å².